The smallest absolute Gasteiger partial charge is 0.395 e. The molecule has 2 nitrogen and oxygen atoms in total. The van der Waals surface area contributed by atoms with E-state index >= 15 is 0 Å². The van der Waals surface area contributed by atoms with E-state index in [0.29, 0.717) is 4.88 Å². The van der Waals surface area contributed by atoms with Crippen LogP contribution < -0.4 is 0 Å². The first-order valence-electron chi connectivity index (χ1n) is 5.58. The summed E-state index contributed by atoms with van der Waals surface area (Å²) in [5, 5.41) is 8.52. The molecule has 1 aromatic rings. The first kappa shape index (κ1) is 17.8. The Labute approximate surface area is 120 Å². The third-order valence-electron chi connectivity index (χ3n) is 2.10. The molecule has 0 aromatic carbocycles. The summed E-state index contributed by atoms with van der Waals surface area (Å²) in [6, 6.07) is 2.81. The molecule has 1 heterocycles. The predicted octanol–water partition coefficient (Wildman–Crippen LogP) is 3.49. The van der Waals surface area contributed by atoms with Gasteiger partial charge in [-0.15, -0.1) is 11.3 Å². The lowest BCUT2D eigenvalue weighted by atomic mass is 10.3. The molecule has 0 spiro atoms. The monoisotopic (exact) mass is 332 g/mol. The number of aliphatic hydroxyl groups is 1. The lowest BCUT2D eigenvalue weighted by Gasteiger charge is -2.22. The van der Waals surface area contributed by atoms with E-state index in [9.17, 15) is 26.3 Å². The highest BCUT2D eigenvalue weighted by Crippen LogP contribution is 2.36. The van der Waals surface area contributed by atoms with Crippen LogP contribution >= 0.6 is 11.3 Å². The molecule has 9 heteroatoms. The minimum Gasteiger partial charge on any atom is -0.395 e. The van der Waals surface area contributed by atoms with Crippen molar-refractivity contribution in [2.24, 2.45) is 0 Å². The van der Waals surface area contributed by atoms with Crippen LogP contribution in [-0.2, 0) is 11.3 Å². The summed E-state index contributed by atoms with van der Waals surface area (Å²) in [4.78, 5) is 0.666. The largest absolute Gasteiger partial charge is 0.423 e. The fraction of sp³-hybridized carbons (Fsp3) is 0.500. The van der Waals surface area contributed by atoms with Crippen LogP contribution in [0.4, 0.5) is 26.3 Å². The number of alkyl halides is 6. The summed E-state index contributed by atoms with van der Waals surface area (Å²) in [7, 11) is 0. The molecule has 0 fully saturated rings. The lowest BCUT2D eigenvalue weighted by Crippen LogP contribution is -2.44. The van der Waals surface area contributed by atoms with Crippen molar-refractivity contribution in [3.05, 3.63) is 21.9 Å². The van der Waals surface area contributed by atoms with Crippen molar-refractivity contribution in [2.45, 2.75) is 31.5 Å². The van der Waals surface area contributed by atoms with Crippen molar-refractivity contribution in [3.8, 4) is 11.8 Å². The van der Waals surface area contributed by atoms with Gasteiger partial charge in [-0.25, -0.2) is 0 Å². The van der Waals surface area contributed by atoms with E-state index in [4.69, 9.17) is 5.11 Å². The minimum absolute atomic E-state index is 0.132. The lowest BCUT2D eigenvalue weighted by molar-refractivity contribution is -0.324. The highest BCUT2D eigenvalue weighted by atomic mass is 32.1. The Morgan fingerprint density at radius 2 is 1.76 bits per heavy atom. The van der Waals surface area contributed by atoms with Gasteiger partial charge in [-0.3, -0.25) is 0 Å². The van der Waals surface area contributed by atoms with Crippen molar-refractivity contribution < 1.29 is 36.2 Å². The summed E-state index contributed by atoms with van der Waals surface area (Å²) < 4.78 is 77.4. The molecule has 1 aromatic heterocycles. The molecule has 118 valence electrons. The van der Waals surface area contributed by atoms with Crippen molar-refractivity contribution >= 4 is 11.3 Å². The third-order valence-corrected chi connectivity index (χ3v) is 3.07. The van der Waals surface area contributed by atoms with Crippen LogP contribution in [0.1, 0.15) is 16.2 Å². The van der Waals surface area contributed by atoms with E-state index in [0.717, 1.165) is 11.3 Å². The minimum atomic E-state index is -5.51. The maximum absolute atomic E-state index is 12.2. The Morgan fingerprint density at radius 1 is 1.14 bits per heavy atom. The highest BCUT2D eigenvalue weighted by molar-refractivity contribution is 7.12. The number of hydrogen-bond donors (Lipinski definition) is 1. The van der Waals surface area contributed by atoms with Gasteiger partial charge in [-0.2, -0.15) is 26.3 Å². The second-order valence-electron chi connectivity index (χ2n) is 3.82. The van der Waals surface area contributed by atoms with E-state index in [1.54, 1.807) is 0 Å². The predicted molar refractivity (Wildman–Crippen MR) is 63.6 cm³/mol. The molecule has 0 saturated heterocycles. The molecule has 0 saturated carbocycles. The molecule has 0 aliphatic rings. The van der Waals surface area contributed by atoms with E-state index in [-0.39, 0.29) is 17.9 Å². The Bertz CT molecular complexity index is 494. The quantitative estimate of drug-likeness (QED) is 0.676. The fourth-order valence-electron chi connectivity index (χ4n) is 1.27. The molecular weight excluding hydrogens is 322 g/mol. The normalized spacial score (nSPS) is 12.4. The average molecular weight is 332 g/mol. The first-order valence-corrected chi connectivity index (χ1v) is 6.39. The number of thiophene rings is 1. The molecule has 1 N–H and O–H groups in total. The number of rotatable bonds is 4. The standard InChI is InChI=1S/C12H10F6O2S/c13-11(14,15)10(12(16,17)18)20-7-9-5-4-8(21-9)3-1-2-6-19/h4-5,10,19H,2,6-7H2. The summed E-state index contributed by atoms with van der Waals surface area (Å²) in [5.74, 6) is 5.21. The van der Waals surface area contributed by atoms with E-state index < -0.39 is 25.1 Å². The van der Waals surface area contributed by atoms with Gasteiger partial charge in [0, 0.05) is 11.3 Å². The molecule has 0 bridgehead atoms. The molecular formula is C12H10F6O2S. The zero-order valence-corrected chi connectivity index (χ0v) is 11.2. The molecule has 0 amide bonds. The maximum Gasteiger partial charge on any atom is 0.423 e. The van der Waals surface area contributed by atoms with Crippen LogP contribution in [-0.4, -0.2) is 30.2 Å². The van der Waals surface area contributed by atoms with E-state index in [1.807, 2.05) is 0 Å². The van der Waals surface area contributed by atoms with Gasteiger partial charge in [0.25, 0.3) is 0 Å². The second kappa shape index (κ2) is 7.15. The van der Waals surface area contributed by atoms with Gasteiger partial charge in [0.15, 0.2) is 0 Å². The average Bonchev–Trinajstić information content (AvgIpc) is 2.74. The highest BCUT2D eigenvalue weighted by Gasteiger charge is 2.57. The number of hydrogen-bond acceptors (Lipinski definition) is 3. The number of halogens is 6. The Balaban J connectivity index is 2.68. The van der Waals surface area contributed by atoms with Gasteiger partial charge in [-0.05, 0) is 12.1 Å². The molecule has 0 unspecified atom stereocenters. The summed E-state index contributed by atoms with van der Waals surface area (Å²) >= 11 is 0.932. The van der Waals surface area contributed by atoms with Gasteiger partial charge in [0.1, 0.15) is 0 Å². The van der Waals surface area contributed by atoms with Crippen molar-refractivity contribution in [3.63, 3.8) is 0 Å². The Morgan fingerprint density at radius 3 is 2.29 bits per heavy atom. The molecule has 1 rings (SSSR count). The topological polar surface area (TPSA) is 29.5 Å². The van der Waals surface area contributed by atoms with Gasteiger partial charge >= 0.3 is 12.4 Å². The van der Waals surface area contributed by atoms with Gasteiger partial charge in [0.2, 0.25) is 6.10 Å². The second-order valence-corrected chi connectivity index (χ2v) is 4.98. The van der Waals surface area contributed by atoms with Crippen LogP contribution in [0.25, 0.3) is 0 Å². The van der Waals surface area contributed by atoms with E-state index in [2.05, 4.69) is 16.6 Å². The van der Waals surface area contributed by atoms with Crippen molar-refractivity contribution in [2.75, 3.05) is 6.61 Å². The number of ether oxygens (including phenoxy) is 1. The summed E-state index contributed by atoms with van der Waals surface area (Å²) in [5.41, 5.74) is 0. The zero-order chi connectivity index (χ0) is 16.1. The molecule has 0 aliphatic carbocycles. The third kappa shape index (κ3) is 5.95. The van der Waals surface area contributed by atoms with Crippen LogP contribution in [0.3, 0.4) is 0 Å². The van der Waals surface area contributed by atoms with Crippen molar-refractivity contribution in [1.82, 2.24) is 0 Å². The molecule has 0 atom stereocenters. The molecule has 0 aliphatic heterocycles. The van der Waals surface area contributed by atoms with E-state index in [1.165, 1.54) is 12.1 Å². The summed E-state index contributed by atoms with van der Waals surface area (Å²) in [6.07, 6.45) is -14.6. The number of aliphatic hydroxyl groups excluding tert-OH is 1. The van der Waals surface area contributed by atoms with Crippen LogP contribution in [0.5, 0.6) is 0 Å². The summed E-state index contributed by atoms with van der Waals surface area (Å²) in [6.45, 7) is -0.941. The zero-order valence-electron chi connectivity index (χ0n) is 10.4. The first-order chi connectivity index (χ1) is 9.64. The Hall–Kier alpha value is -1.24. The van der Waals surface area contributed by atoms with Crippen LogP contribution in [0.2, 0.25) is 0 Å². The van der Waals surface area contributed by atoms with Gasteiger partial charge in [-0.1, -0.05) is 11.8 Å². The fourth-order valence-corrected chi connectivity index (χ4v) is 2.07. The van der Waals surface area contributed by atoms with Gasteiger partial charge < -0.3 is 9.84 Å². The van der Waals surface area contributed by atoms with Crippen molar-refractivity contribution in [1.29, 1.82) is 0 Å². The Kier molecular flexibility index (Phi) is 6.07. The van der Waals surface area contributed by atoms with Crippen LogP contribution in [0.15, 0.2) is 12.1 Å². The molecule has 0 radical (unpaired) electrons. The maximum atomic E-state index is 12.2. The van der Waals surface area contributed by atoms with Gasteiger partial charge in [0.05, 0.1) is 18.1 Å². The molecule has 21 heavy (non-hydrogen) atoms. The SMILES string of the molecule is OCCC#Cc1ccc(COC(C(F)(F)F)C(F)(F)F)s1. The van der Waals surface area contributed by atoms with Crippen LogP contribution in [0, 0.1) is 11.8 Å².